The first-order valence-electron chi connectivity index (χ1n) is 8.81. The van der Waals surface area contributed by atoms with E-state index in [2.05, 4.69) is 10.2 Å². The van der Waals surface area contributed by atoms with Crippen molar-refractivity contribution in [2.45, 2.75) is 26.3 Å². The summed E-state index contributed by atoms with van der Waals surface area (Å²) in [5, 5.41) is 17.8. The van der Waals surface area contributed by atoms with Crippen molar-refractivity contribution in [3.05, 3.63) is 46.7 Å². The minimum absolute atomic E-state index is 0.0346. The lowest BCUT2D eigenvalue weighted by Gasteiger charge is -2.24. The van der Waals surface area contributed by atoms with Crippen LogP contribution >= 0.6 is 0 Å². The van der Waals surface area contributed by atoms with Crippen molar-refractivity contribution >= 4 is 17.4 Å². The third kappa shape index (κ3) is 3.40. The molecule has 3 rings (SSSR count). The van der Waals surface area contributed by atoms with Crippen LogP contribution in [0.1, 0.15) is 35.2 Å². The number of likely N-dealkylation sites (tertiary alicyclic amines) is 1. The largest absolute Gasteiger partial charge is 0.507 e. The summed E-state index contributed by atoms with van der Waals surface area (Å²) in [6, 6.07) is 2.65. The molecule has 2 aromatic heterocycles. The van der Waals surface area contributed by atoms with Crippen LogP contribution in [0.15, 0.2) is 28.4 Å². The molecule has 1 aliphatic rings. The zero-order valence-electron chi connectivity index (χ0n) is 15.9. The Morgan fingerprint density at radius 1 is 1.37 bits per heavy atom. The minimum Gasteiger partial charge on any atom is -0.507 e. The van der Waals surface area contributed by atoms with Gasteiger partial charge in [0.15, 0.2) is 0 Å². The number of aromatic nitrogens is 2. The van der Waals surface area contributed by atoms with Crippen molar-refractivity contribution in [3.8, 4) is 0 Å². The molecule has 0 aromatic carbocycles. The number of aryl methyl sites for hydroxylation is 2. The fraction of sp³-hybridized carbons (Fsp3) is 0.421. The highest BCUT2D eigenvalue weighted by Gasteiger charge is 2.47. The zero-order chi connectivity index (χ0) is 19.7. The van der Waals surface area contributed by atoms with E-state index in [0.717, 1.165) is 6.54 Å². The highest BCUT2D eigenvalue weighted by molar-refractivity contribution is 6.46. The predicted octanol–water partition coefficient (Wildman–Crippen LogP) is 1.99. The van der Waals surface area contributed by atoms with Crippen molar-refractivity contribution < 1.29 is 19.1 Å². The molecule has 3 heterocycles. The molecule has 8 heteroatoms. The van der Waals surface area contributed by atoms with Crippen molar-refractivity contribution in [3.63, 3.8) is 0 Å². The Balaban J connectivity index is 2.08. The van der Waals surface area contributed by atoms with Gasteiger partial charge in [0.25, 0.3) is 11.7 Å². The molecular weight excluding hydrogens is 348 g/mol. The maximum absolute atomic E-state index is 12.8. The first-order valence-corrected chi connectivity index (χ1v) is 8.81. The van der Waals surface area contributed by atoms with Gasteiger partial charge in [-0.05, 0) is 53.0 Å². The molecule has 0 bridgehead atoms. The van der Waals surface area contributed by atoms with E-state index in [4.69, 9.17) is 4.42 Å². The Hall–Kier alpha value is -2.87. The summed E-state index contributed by atoms with van der Waals surface area (Å²) >= 11 is 0. The van der Waals surface area contributed by atoms with E-state index in [1.54, 1.807) is 26.0 Å². The Labute approximate surface area is 157 Å². The van der Waals surface area contributed by atoms with Crippen molar-refractivity contribution in [1.29, 1.82) is 0 Å². The van der Waals surface area contributed by atoms with E-state index in [1.165, 1.54) is 11.2 Å². The van der Waals surface area contributed by atoms with Crippen LogP contribution in [0.25, 0.3) is 5.76 Å². The summed E-state index contributed by atoms with van der Waals surface area (Å²) in [6.07, 6.45) is 2.19. The molecule has 27 heavy (non-hydrogen) atoms. The number of aromatic amines is 1. The number of aliphatic hydroxyl groups excluding tert-OH is 1. The smallest absolute Gasteiger partial charge is 0.295 e. The van der Waals surface area contributed by atoms with Gasteiger partial charge in [0.2, 0.25) is 0 Å². The molecule has 1 fully saturated rings. The molecule has 2 N–H and O–H groups in total. The third-order valence-corrected chi connectivity index (χ3v) is 4.72. The lowest BCUT2D eigenvalue weighted by molar-refractivity contribution is -0.140. The molecule has 1 saturated heterocycles. The van der Waals surface area contributed by atoms with Gasteiger partial charge in [-0.15, -0.1) is 0 Å². The fourth-order valence-electron chi connectivity index (χ4n) is 3.45. The number of ketones is 1. The molecule has 144 valence electrons. The molecule has 0 saturated carbocycles. The number of furan rings is 1. The van der Waals surface area contributed by atoms with Crippen molar-refractivity contribution in [2.24, 2.45) is 0 Å². The fourth-order valence-corrected chi connectivity index (χ4v) is 3.45. The van der Waals surface area contributed by atoms with Crippen LogP contribution < -0.4 is 0 Å². The van der Waals surface area contributed by atoms with Crippen LogP contribution in [0.2, 0.25) is 0 Å². The summed E-state index contributed by atoms with van der Waals surface area (Å²) < 4.78 is 5.50. The zero-order valence-corrected chi connectivity index (χ0v) is 15.9. The topological polar surface area (TPSA) is 103 Å². The molecular formula is C19H24N4O4. The number of hydrogen-bond acceptors (Lipinski definition) is 6. The summed E-state index contributed by atoms with van der Waals surface area (Å²) in [4.78, 5) is 29.0. The van der Waals surface area contributed by atoms with Gasteiger partial charge in [0.1, 0.15) is 17.6 Å². The molecule has 8 nitrogen and oxygen atoms in total. The molecule has 0 spiro atoms. The summed E-state index contributed by atoms with van der Waals surface area (Å²) in [5.74, 6) is -1.12. The number of H-pyrrole nitrogens is 1. The number of amides is 1. The van der Waals surface area contributed by atoms with Crippen LogP contribution in [0.5, 0.6) is 0 Å². The highest BCUT2D eigenvalue weighted by Crippen LogP contribution is 2.40. The lowest BCUT2D eigenvalue weighted by atomic mass is 9.98. The Kier molecular flexibility index (Phi) is 5.18. The summed E-state index contributed by atoms with van der Waals surface area (Å²) in [5.41, 5.74) is 1.66. The molecule has 2 aromatic rings. The Morgan fingerprint density at radius 2 is 2.11 bits per heavy atom. The standard InChI is InChI=1S/C19H24N4O4/c1-11-14(12(2)21-20-11)17(24)15-16(13-7-5-10-27-13)23(19(26)18(15)25)9-6-8-22(3)4/h5,7,10,16,24H,6,8-9H2,1-4H3,(H,20,21)/t16-/m1/s1. The van der Waals surface area contributed by atoms with Crippen LogP contribution in [0, 0.1) is 13.8 Å². The Bertz CT molecular complexity index is 860. The maximum atomic E-state index is 12.8. The minimum atomic E-state index is -0.754. The van der Waals surface area contributed by atoms with E-state index in [-0.39, 0.29) is 11.3 Å². The van der Waals surface area contributed by atoms with Gasteiger partial charge in [0, 0.05) is 12.2 Å². The van der Waals surface area contributed by atoms with Gasteiger partial charge < -0.3 is 19.3 Å². The molecule has 0 aliphatic carbocycles. The van der Waals surface area contributed by atoms with Gasteiger partial charge >= 0.3 is 0 Å². The summed E-state index contributed by atoms with van der Waals surface area (Å²) in [6.45, 7) is 4.64. The molecule has 0 radical (unpaired) electrons. The normalized spacial score (nSPS) is 19.4. The first kappa shape index (κ1) is 18.9. The number of carbonyl (C=O) groups excluding carboxylic acids is 2. The monoisotopic (exact) mass is 372 g/mol. The average Bonchev–Trinajstić information content (AvgIpc) is 3.30. The van der Waals surface area contributed by atoms with Gasteiger partial charge in [-0.25, -0.2) is 0 Å². The number of nitrogens with zero attached hydrogens (tertiary/aromatic N) is 3. The van der Waals surface area contributed by atoms with Gasteiger partial charge in [-0.1, -0.05) is 0 Å². The second-order valence-electron chi connectivity index (χ2n) is 6.97. The van der Waals surface area contributed by atoms with E-state index in [1.807, 2.05) is 19.0 Å². The second-order valence-corrected chi connectivity index (χ2v) is 6.97. The molecule has 1 atom stereocenters. The quantitative estimate of drug-likeness (QED) is 0.457. The van der Waals surface area contributed by atoms with E-state index in [0.29, 0.717) is 35.7 Å². The molecule has 1 aliphatic heterocycles. The van der Waals surface area contributed by atoms with Crippen LogP contribution in [0.4, 0.5) is 0 Å². The van der Waals surface area contributed by atoms with Gasteiger partial charge in [0.05, 0.1) is 23.1 Å². The molecule has 0 unspecified atom stereocenters. The number of nitrogens with one attached hydrogen (secondary N) is 1. The number of hydrogen-bond donors (Lipinski definition) is 2. The van der Waals surface area contributed by atoms with Gasteiger partial charge in [-0.2, -0.15) is 5.10 Å². The number of Topliss-reactive ketones (excluding diaryl/α,β-unsaturated/α-hetero) is 1. The third-order valence-electron chi connectivity index (χ3n) is 4.72. The first-order chi connectivity index (χ1) is 12.8. The predicted molar refractivity (Wildman–Crippen MR) is 99.0 cm³/mol. The number of aliphatic hydroxyl groups is 1. The summed E-state index contributed by atoms with van der Waals surface area (Å²) in [7, 11) is 3.89. The Morgan fingerprint density at radius 3 is 2.67 bits per heavy atom. The number of carbonyl (C=O) groups is 2. The number of rotatable bonds is 6. The second kappa shape index (κ2) is 7.40. The highest BCUT2D eigenvalue weighted by atomic mass is 16.3. The molecule has 1 amide bonds. The van der Waals surface area contributed by atoms with E-state index < -0.39 is 17.7 Å². The van der Waals surface area contributed by atoms with Crippen molar-refractivity contribution in [2.75, 3.05) is 27.2 Å². The van der Waals surface area contributed by atoms with Crippen LogP contribution in [-0.2, 0) is 9.59 Å². The maximum Gasteiger partial charge on any atom is 0.295 e. The van der Waals surface area contributed by atoms with Crippen LogP contribution in [0.3, 0.4) is 0 Å². The van der Waals surface area contributed by atoms with Gasteiger partial charge in [-0.3, -0.25) is 14.7 Å². The van der Waals surface area contributed by atoms with Crippen LogP contribution in [-0.4, -0.2) is 64.0 Å². The van der Waals surface area contributed by atoms with E-state index in [9.17, 15) is 14.7 Å². The lowest BCUT2D eigenvalue weighted by Crippen LogP contribution is -2.32. The average molecular weight is 372 g/mol. The van der Waals surface area contributed by atoms with E-state index >= 15 is 0 Å². The SMILES string of the molecule is Cc1n[nH]c(C)c1C(O)=C1C(=O)C(=O)N(CCCN(C)C)[C@@H]1c1ccco1. The van der Waals surface area contributed by atoms with Crippen molar-refractivity contribution in [1.82, 2.24) is 20.0 Å².